The number of nitrogens with one attached hydrogen (secondary N) is 2. The number of guanidine groups is 1. The molecule has 3 atom stereocenters. The average molecular weight is 447 g/mol. The van der Waals surface area contributed by atoms with Crippen LogP contribution in [-0.2, 0) is 11.2 Å². The number of hydrogen-bond donors (Lipinski definition) is 5. The lowest BCUT2D eigenvalue weighted by molar-refractivity contribution is -0.120. The number of amides is 2. The number of nitrogens with two attached hydrogens (primary N) is 3. The van der Waals surface area contributed by atoms with Crippen molar-refractivity contribution in [2.45, 2.75) is 57.2 Å². The van der Waals surface area contributed by atoms with Crippen LogP contribution in [0.2, 0.25) is 0 Å². The number of carbonyl (C=O) groups is 2. The molecule has 0 spiro atoms. The molecule has 0 aromatic carbocycles. The number of Topliss-reactive ketones (excluding diaryl/α,β-unsaturated/α-hetero) is 1. The Balaban J connectivity index is 1.70. The second-order valence-electron chi connectivity index (χ2n) is 7.79. The first kappa shape index (κ1) is 23.2. The Bertz CT molecular complexity index is 922. The van der Waals surface area contributed by atoms with E-state index in [0.29, 0.717) is 44.6 Å². The molecule has 13 nitrogen and oxygen atoms in total. The molecule has 174 valence electrons. The molecule has 13 heteroatoms. The Morgan fingerprint density at radius 1 is 1.44 bits per heavy atom. The molecule has 1 unspecified atom stereocenters. The van der Waals surface area contributed by atoms with Crippen molar-refractivity contribution >= 4 is 17.8 Å². The van der Waals surface area contributed by atoms with Gasteiger partial charge < -0.3 is 36.9 Å². The van der Waals surface area contributed by atoms with Gasteiger partial charge in [-0.15, -0.1) is 0 Å². The highest BCUT2D eigenvalue weighted by Gasteiger charge is 2.34. The van der Waals surface area contributed by atoms with E-state index in [-0.39, 0.29) is 23.7 Å². The fourth-order valence-corrected chi connectivity index (χ4v) is 3.69. The van der Waals surface area contributed by atoms with Gasteiger partial charge in [0.15, 0.2) is 17.6 Å². The Hall–Kier alpha value is -3.48. The molecule has 1 aliphatic rings. The molecule has 2 amide bonds. The number of urea groups is 1. The van der Waals surface area contributed by atoms with Crippen LogP contribution >= 0.6 is 0 Å². The van der Waals surface area contributed by atoms with E-state index in [1.807, 2.05) is 0 Å². The van der Waals surface area contributed by atoms with E-state index >= 15 is 0 Å². The van der Waals surface area contributed by atoms with Gasteiger partial charge in [0.05, 0.1) is 18.4 Å². The molecule has 3 rings (SSSR count). The highest BCUT2D eigenvalue weighted by molar-refractivity contribution is 5.87. The maximum absolute atomic E-state index is 12.9. The lowest BCUT2D eigenvalue weighted by Gasteiger charge is -2.25. The number of hydrogen-bond acceptors (Lipinski definition) is 8. The summed E-state index contributed by atoms with van der Waals surface area (Å²) >= 11 is 0. The zero-order chi connectivity index (χ0) is 23.1. The molecule has 1 aliphatic heterocycles. The molecule has 2 aromatic rings. The van der Waals surface area contributed by atoms with Crippen LogP contribution in [0.15, 0.2) is 22.0 Å². The lowest BCUT2D eigenvalue weighted by atomic mass is 10.1. The maximum atomic E-state index is 12.9. The van der Waals surface area contributed by atoms with E-state index in [0.717, 1.165) is 12.1 Å². The monoisotopic (exact) mass is 446 g/mol. The van der Waals surface area contributed by atoms with Crippen LogP contribution in [0.1, 0.15) is 62.1 Å². The lowest BCUT2D eigenvalue weighted by Crippen LogP contribution is -2.46. The molecule has 2 aromatic heterocycles. The summed E-state index contributed by atoms with van der Waals surface area (Å²) in [5.41, 5.74) is 17.8. The van der Waals surface area contributed by atoms with E-state index in [2.05, 4.69) is 30.4 Å². The SMILES string of the molecule is CC(=O)C1CCCN1C(=O)N[C@@H](CCCN=C(N)N)c1nc([C@@H](N)Cc2cnc[nH]2)no1. The summed E-state index contributed by atoms with van der Waals surface area (Å²) in [5, 5.41) is 6.91. The van der Waals surface area contributed by atoms with Crippen molar-refractivity contribution in [3.8, 4) is 0 Å². The van der Waals surface area contributed by atoms with Gasteiger partial charge in [-0.1, -0.05) is 5.16 Å². The van der Waals surface area contributed by atoms with Crippen LogP contribution in [0.5, 0.6) is 0 Å². The van der Waals surface area contributed by atoms with Gasteiger partial charge in [0.1, 0.15) is 6.04 Å². The van der Waals surface area contributed by atoms with E-state index in [9.17, 15) is 9.59 Å². The van der Waals surface area contributed by atoms with Gasteiger partial charge in [0.25, 0.3) is 0 Å². The van der Waals surface area contributed by atoms with Crippen LogP contribution in [-0.4, -0.2) is 61.9 Å². The molecule has 3 heterocycles. The van der Waals surface area contributed by atoms with Gasteiger partial charge >= 0.3 is 6.03 Å². The number of imidazole rings is 1. The van der Waals surface area contributed by atoms with Crippen LogP contribution in [0.4, 0.5) is 4.79 Å². The highest BCUT2D eigenvalue weighted by atomic mass is 16.5. The summed E-state index contributed by atoms with van der Waals surface area (Å²) in [6.07, 6.45) is 6.16. The smallest absolute Gasteiger partial charge is 0.318 e. The van der Waals surface area contributed by atoms with Crippen LogP contribution in [0, 0.1) is 0 Å². The summed E-state index contributed by atoms with van der Waals surface area (Å²) in [4.78, 5) is 41.7. The molecule has 0 radical (unpaired) electrons. The quantitative estimate of drug-likeness (QED) is 0.187. The molecular formula is C19H30N10O3. The molecule has 0 saturated carbocycles. The number of ketones is 1. The van der Waals surface area contributed by atoms with Gasteiger partial charge in [0, 0.05) is 31.4 Å². The van der Waals surface area contributed by atoms with Crippen molar-refractivity contribution in [2.24, 2.45) is 22.2 Å². The van der Waals surface area contributed by atoms with Crippen molar-refractivity contribution in [1.29, 1.82) is 0 Å². The van der Waals surface area contributed by atoms with Crippen LogP contribution < -0.4 is 22.5 Å². The second-order valence-corrected chi connectivity index (χ2v) is 7.79. The first-order valence-electron chi connectivity index (χ1n) is 10.5. The third kappa shape index (κ3) is 6.03. The topological polar surface area (TPSA) is 207 Å². The standard InChI is InChI=1S/C19H30N10O3/c1-11(30)15-5-3-7-29(15)19(31)26-14(4-2-6-24-18(21)22)17-27-16(28-32-17)13(20)8-12-9-23-10-25-12/h9-10,13-15H,2-8,20H2,1H3,(H,23,25)(H,26,31)(H4,21,22,24)/t13-,14-,15?/m0/s1. The summed E-state index contributed by atoms with van der Waals surface area (Å²) in [6.45, 7) is 2.39. The number of H-pyrrole nitrogens is 1. The Labute approximate surface area is 185 Å². The highest BCUT2D eigenvalue weighted by Crippen LogP contribution is 2.23. The number of likely N-dealkylation sites (tertiary alicyclic amines) is 1. The molecule has 0 aliphatic carbocycles. The molecular weight excluding hydrogens is 416 g/mol. The maximum Gasteiger partial charge on any atom is 0.318 e. The van der Waals surface area contributed by atoms with Gasteiger partial charge in [-0.05, 0) is 32.6 Å². The molecule has 1 saturated heterocycles. The van der Waals surface area contributed by atoms with Gasteiger partial charge in [-0.25, -0.2) is 9.78 Å². The number of aromatic amines is 1. The van der Waals surface area contributed by atoms with Gasteiger partial charge in [0.2, 0.25) is 5.89 Å². The largest absolute Gasteiger partial charge is 0.370 e. The van der Waals surface area contributed by atoms with E-state index < -0.39 is 18.1 Å². The minimum Gasteiger partial charge on any atom is -0.370 e. The first-order valence-corrected chi connectivity index (χ1v) is 10.5. The van der Waals surface area contributed by atoms with E-state index in [4.69, 9.17) is 21.7 Å². The van der Waals surface area contributed by atoms with Gasteiger partial charge in [-0.3, -0.25) is 9.79 Å². The van der Waals surface area contributed by atoms with Crippen molar-refractivity contribution in [3.63, 3.8) is 0 Å². The summed E-state index contributed by atoms with van der Waals surface area (Å²) in [5.74, 6) is 0.515. The fraction of sp³-hybridized carbons (Fsp3) is 0.579. The third-order valence-electron chi connectivity index (χ3n) is 5.31. The fourth-order valence-electron chi connectivity index (χ4n) is 3.69. The average Bonchev–Trinajstić information content (AvgIpc) is 3.51. The Kier molecular flexibility index (Phi) is 7.76. The minimum atomic E-state index is -0.578. The number of rotatable bonds is 10. The molecule has 32 heavy (non-hydrogen) atoms. The Morgan fingerprint density at radius 3 is 2.94 bits per heavy atom. The minimum absolute atomic E-state index is 0.00295. The van der Waals surface area contributed by atoms with Gasteiger partial charge in [-0.2, -0.15) is 4.98 Å². The molecule has 0 bridgehead atoms. The number of carbonyl (C=O) groups excluding carboxylic acids is 2. The van der Waals surface area contributed by atoms with E-state index in [1.54, 1.807) is 17.4 Å². The number of aliphatic imine (C=N–C) groups is 1. The molecule has 8 N–H and O–H groups in total. The first-order chi connectivity index (χ1) is 15.3. The van der Waals surface area contributed by atoms with Crippen molar-refractivity contribution in [2.75, 3.05) is 13.1 Å². The Morgan fingerprint density at radius 2 is 2.25 bits per heavy atom. The third-order valence-corrected chi connectivity index (χ3v) is 5.31. The molecule has 1 fully saturated rings. The summed E-state index contributed by atoms with van der Waals surface area (Å²) in [7, 11) is 0. The predicted molar refractivity (Wildman–Crippen MR) is 115 cm³/mol. The van der Waals surface area contributed by atoms with Crippen molar-refractivity contribution in [3.05, 3.63) is 29.9 Å². The van der Waals surface area contributed by atoms with E-state index in [1.165, 1.54) is 6.92 Å². The van der Waals surface area contributed by atoms with Crippen LogP contribution in [0.3, 0.4) is 0 Å². The summed E-state index contributed by atoms with van der Waals surface area (Å²) < 4.78 is 5.43. The summed E-state index contributed by atoms with van der Waals surface area (Å²) in [6, 6.07) is -1.86. The van der Waals surface area contributed by atoms with Crippen molar-refractivity contribution < 1.29 is 14.1 Å². The second kappa shape index (κ2) is 10.7. The predicted octanol–water partition coefficient (Wildman–Crippen LogP) is -0.107. The number of nitrogens with zero attached hydrogens (tertiary/aromatic N) is 5. The zero-order valence-electron chi connectivity index (χ0n) is 18.0. The normalized spacial score (nSPS) is 17.7. The van der Waals surface area contributed by atoms with Crippen LogP contribution in [0.25, 0.3) is 0 Å². The number of aromatic nitrogens is 4. The zero-order valence-corrected chi connectivity index (χ0v) is 18.0. The van der Waals surface area contributed by atoms with Crippen molar-refractivity contribution in [1.82, 2.24) is 30.3 Å².